The van der Waals surface area contributed by atoms with Crippen LogP contribution in [-0.4, -0.2) is 16.0 Å². The maximum absolute atomic E-state index is 3.43. The van der Waals surface area contributed by atoms with Crippen LogP contribution < -0.4 is 0 Å². The van der Waals surface area contributed by atoms with Crippen LogP contribution in [0.25, 0.3) is 0 Å². The maximum atomic E-state index is 3.43. The first kappa shape index (κ1) is 11.9. The summed E-state index contributed by atoms with van der Waals surface area (Å²) in [6, 6.07) is 0. The van der Waals surface area contributed by atoms with Crippen molar-refractivity contribution >= 4 is 47.8 Å². The number of hydrogen-bond acceptors (Lipinski definition) is 0. The largest absolute Gasteiger partial charge is 0.0925 e. The number of allylic oxidation sites excluding steroid dienone is 4. The highest BCUT2D eigenvalue weighted by Gasteiger charge is 1.86. The molecule has 0 nitrogen and oxygen atoms in total. The molecule has 0 saturated carbocycles. The Labute approximate surface area is 93.5 Å². The Bertz CT molecular complexity index is 138. The number of rotatable bonds is 5. The first-order chi connectivity index (χ1) is 5.35. The van der Waals surface area contributed by atoms with E-state index in [9.17, 15) is 0 Å². The van der Waals surface area contributed by atoms with Gasteiger partial charge in [-0.25, -0.2) is 0 Å². The highest BCUT2D eigenvalue weighted by atomic mass is 79.9. The van der Waals surface area contributed by atoms with Crippen molar-refractivity contribution in [1.82, 2.24) is 0 Å². The number of hydrogen-bond donors (Lipinski definition) is 0. The molecule has 0 aliphatic rings. The van der Waals surface area contributed by atoms with Crippen molar-refractivity contribution in [2.45, 2.75) is 6.42 Å². The molecule has 0 N–H and O–H groups in total. The summed E-state index contributed by atoms with van der Waals surface area (Å²) in [6.07, 6.45) is 7.55. The predicted molar refractivity (Wildman–Crippen MR) is 63.2 cm³/mol. The lowest BCUT2D eigenvalue weighted by Gasteiger charge is -1.93. The molecule has 0 aliphatic heterocycles. The van der Waals surface area contributed by atoms with E-state index in [1.165, 1.54) is 5.57 Å². The van der Waals surface area contributed by atoms with Crippen LogP contribution >= 0.6 is 47.8 Å². The summed E-state index contributed by atoms with van der Waals surface area (Å²) in [7, 11) is 0. The van der Waals surface area contributed by atoms with Crippen molar-refractivity contribution in [3.63, 3.8) is 0 Å². The fraction of sp³-hybridized carbons (Fsp3) is 0.500. The molecule has 0 bridgehead atoms. The van der Waals surface area contributed by atoms with Gasteiger partial charge in [0, 0.05) is 16.0 Å². The van der Waals surface area contributed by atoms with E-state index < -0.39 is 0 Å². The first-order valence-electron chi connectivity index (χ1n) is 3.38. The zero-order chi connectivity index (χ0) is 8.53. The molecule has 0 radical (unpaired) electrons. The smallest absolute Gasteiger partial charge is 0.0279 e. The Morgan fingerprint density at radius 2 is 1.91 bits per heavy atom. The van der Waals surface area contributed by atoms with E-state index >= 15 is 0 Å². The minimum atomic E-state index is 0.922. The monoisotopic (exact) mass is 344 g/mol. The Morgan fingerprint density at radius 1 is 1.18 bits per heavy atom. The lowest BCUT2D eigenvalue weighted by molar-refractivity contribution is 1.23. The Balaban J connectivity index is 3.83. The van der Waals surface area contributed by atoms with Gasteiger partial charge in [0.2, 0.25) is 0 Å². The van der Waals surface area contributed by atoms with E-state index in [4.69, 9.17) is 0 Å². The van der Waals surface area contributed by atoms with Gasteiger partial charge in [0.25, 0.3) is 0 Å². The van der Waals surface area contributed by atoms with E-state index in [0.29, 0.717) is 0 Å². The van der Waals surface area contributed by atoms with Gasteiger partial charge >= 0.3 is 0 Å². The average Bonchev–Trinajstić information content (AvgIpc) is 2.05. The third-order valence-corrected chi connectivity index (χ3v) is 2.57. The van der Waals surface area contributed by atoms with Crippen LogP contribution in [0.2, 0.25) is 0 Å². The van der Waals surface area contributed by atoms with E-state index in [1.807, 2.05) is 0 Å². The average molecular weight is 347 g/mol. The van der Waals surface area contributed by atoms with E-state index in [0.717, 1.165) is 22.4 Å². The van der Waals surface area contributed by atoms with Crippen LogP contribution in [0, 0.1) is 0 Å². The standard InChI is InChI=1S/C8H11Br3/c9-5-1-3-8(7-11)4-2-6-10/h1,3-4H,2,5-7H2/b3-1+,8-4+. The van der Waals surface area contributed by atoms with Crippen molar-refractivity contribution in [3.05, 3.63) is 23.8 Å². The second-order valence-electron chi connectivity index (χ2n) is 1.95. The molecule has 64 valence electrons. The van der Waals surface area contributed by atoms with Gasteiger partial charge in [-0.3, -0.25) is 0 Å². The van der Waals surface area contributed by atoms with E-state index in [2.05, 4.69) is 66.0 Å². The van der Waals surface area contributed by atoms with Crippen molar-refractivity contribution in [1.29, 1.82) is 0 Å². The van der Waals surface area contributed by atoms with Crippen LogP contribution in [0.5, 0.6) is 0 Å². The first-order valence-corrected chi connectivity index (χ1v) is 6.75. The molecule has 0 spiro atoms. The second kappa shape index (κ2) is 9.01. The van der Waals surface area contributed by atoms with Gasteiger partial charge in [-0.1, -0.05) is 66.0 Å². The Kier molecular flexibility index (Phi) is 9.77. The molecule has 0 aromatic rings. The van der Waals surface area contributed by atoms with Gasteiger partial charge in [-0.2, -0.15) is 0 Å². The fourth-order valence-corrected chi connectivity index (χ4v) is 1.43. The van der Waals surface area contributed by atoms with Gasteiger partial charge in [0.1, 0.15) is 0 Å². The highest BCUT2D eigenvalue weighted by molar-refractivity contribution is 9.09. The van der Waals surface area contributed by atoms with Crippen molar-refractivity contribution in [3.8, 4) is 0 Å². The van der Waals surface area contributed by atoms with Crippen LogP contribution in [0.15, 0.2) is 23.8 Å². The van der Waals surface area contributed by atoms with Crippen molar-refractivity contribution < 1.29 is 0 Å². The molecule has 0 fully saturated rings. The summed E-state index contributed by atoms with van der Waals surface area (Å²) in [5, 5.41) is 2.89. The SMILES string of the molecule is BrC/C=C/C(=C\CCBr)CBr. The van der Waals surface area contributed by atoms with Crippen molar-refractivity contribution in [2.75, 3.05) is 16.0 Å². The molecular weight excluding hydrogens is 336 g/mol. The lowest BCUT2D eigenvalue weighted by atomic mass is 10.2. The van der Waals surface area contributed by atoms with Gasteiger partial charge in [-0.05, 0) is 12.0 Å². The molecule has 0 aliphatic carbocycles. The Hall–Kier alpha value is 0.920. The molecule has 0 aromatic carbocycles. The molecule has 0 unspecified atom stereocenters. The highest BCUT2D eigenvalue weighted by Crippen LogP contribution is 2.04. The molecule has 0 aromatic heterocycles. The maximum Gasteiger partial charge on any atom is 0.0279 e. The normalized spacial score (nSPS) is 12.8. The minimum absolute atomic E-state index is 0.922. The van der Waals surface area contributed by atoms with E-state index in [1.54, 1.807) is 0 Å². The fourth-order valence-electron chi connectivity index (χ4n) is 0.603. The summed E-state index contributed by atoms with van der Waals surface area (Å²) in [6.45, 7) is 0. The topological polar surface area (TPSA) is 0 Å². The lowest BCUT2D eigenvalue weighted by Crippen LogP contribution is -1.80. The summed E-state index contributed by atoms with van der Waals surface area (Å²) < 4.78 is 0. The Morgan fingerprint density at radius 3 is 2.36 bits per heavy atom. The molecule has 0 amide bonds. The predicted octanol–water partition coefficient (Wildman–Crippen LogP) is 4.04. The van der Waals surface area contributed by atoms with Crippen LogP contribution in [0.3, 0.4) is 0 Å². The molecule has 0 saturated heterocycles. The van der Waals surface area contributed by atoms with E-state index in [-0.39, 0.29) is 0 Å². The quantitative estimate of drug-likeness (QED) is 0.520. The van der Waals surface area contributed by atoms with Gasteiger partial charge < -0.3 is 0 Å². The van der Waals surface area contributed by atoms with Gasteiger partial charge in [-0.15, -0.1) is 0 Å². The molecule has 0 atom stereocenters. The van der Waals surface area contributed by atoms with Crippen molar-refractivity contribution in [2.24, 2.45) is 0 Å². The third-order valence-electron chi connectivity index (χ3n) is 1.09. The minimum Gasteiger partial charge on any atom is -0.0925 e. The summed E-state index contributed by atoms with van der Waals surface area (Å²) in [4.78, 5) is 0. The van der Waals surface area contributed by atoms with Gasteiger partial charge in [0.15, 0.2) is 0 Å². The molecular formula is C8H11Br3. The second-order valence-corrected chi connectivity index (χ2v) is 3.95. The van der Waals surface area contributed by atoms with Crippen LogP contribution in [0.4, 0.5) is 0 Å². The zero-order valence-corrected chi connectivity index (χ0v) is 11.0. The summed E-state index contributed by atoms with van der Waals surface area (Å²) in [5.74, 6) is 0. The van der Waals surface area contributed by atoms with Crippen LogP contribution in [0.1, 0.15) is 6.42 Å². The molecule has 0 heterocycles. The number of alkyl halides is 3. The molecule has 3 heteroatoms. The van der Waals surface area contributed by atoms with Crippen LogP contribution in [-0.2, 0) is 0 Å². The zero-order valence-electron chi connectivity index (χ0n) is 6.19. The third kappa shape index (κ3) is 7.29. The summed E-state index contributed by atoms with van der Waals surface area (Å²) in [5.41, 5.74) is 1.34. The molecule has 11 heavy (non-hydrogen) atoms. The van der Waals surface area contributed by atoms with Gasteiger partial charge in [0.05, 0.1) is 0 Å². The summed E-state index contributed by atoms with van der Waals surface area (Å²) >= 11 is 10.1. The number of halogens is 3. The molecule has 0 rings (SSSR count).